The van der Waals surface area contributed by atoms with Crippen LogP contribution in [0.25, 0.3) is 83.3 Å². The Morgan fingerprint density at radius 3 is 1.45 bits per heavy atom. The maximum atomic E-state index is 5.21. The van der Waals surface area contributed by atoms with Gasteiger partial charge in [0.15, 0.2) is 5.65 Å². The zero-order valence-electron chi connectivity index (χ0n) is 25.6. The topological polar surface area (TPSA) is 30.7 Å². The number of hydrogen-bond acceptors (Lipinski definition) is 2. The van der Waals surface area contributed by atoms with E-state index < -0.39 is 0 Å². The van der Waals surface area contributed by atoms with Gasteiger partial charge in [0.1, 0.15) is 5.52 Å². The van der Waals surface area contributed by atoms with Crippen molar-refractivity contribution in [1.29, 1.82) is 0 Å². The van der Waals surface area contributed by atoms with E-state index in [1.165, 1.54) is 27.8 Å². The predicted molar refractivity (Wildman–Crippen MR) is 196 cm³/mol. The Kier molecular flexibility index (Phi) is 6.46. The van der Waals surface area contributed by atoms with Crippen LogP contribution in [-0.4, -0.2) is 14.5 Å². The van der Waals surface area contributed by atoms with Crippen LogP contribution < -0.4 is 0 Å². The lowest BCUT2D eigenvalue weighted by Gasteiger charge is -2.12. The Balaban J connectivity index is 1.29. The van der Waals surface area contributed by atoms with Crippen molar-refractivity contribution < 1.29 is 0 Å². The van der Waals surface area contributed by atoms with Crippen molar-refractivity contribution >= 4 is 33.1 Å². The van der Waals surface area contributed by atoms with Crippen LogP contribution in [0.5, 0.6) is 0 Å². The molecule has 0 aliphatic rings. The average molecular weight is 600 g/mol. The summed E-state index contributed by atoms with van der Waals surface area (Å²) in [5.41, 5.74) is 15.1. The van der Waals surface area contributed by atoms with Crippen molar-refractivity contribution in [2.45, 2.75) is 0 Å². The molecule has 7 aromatic carbocycles. The molecule has 9 rings (SSSR count). The molecule has 0 N–H and O–H groups in total. The molecule has 3 nitrogen and oxygen atoms in total. The van der Waals surface area contributed by atoms with Gasteiger partial charge in [0.2, 0.25) is 0 Å². The summed E-state index contributed by atoms with van der Waals surface area (Å²) in [6, 6.07) is 62.2. The number of hydrogen-bond donors (Lipinski definition) is 0. The number of para-hydroxylation sites is 2. The molecule has 2 aromatic heterocycles. The van der Waals surface area contributed by atoms with Gasteiger partial charge >= 0.3 is 0 Å². The van der Waals surface area contributed by atoms with E-state index in [9.17, 15) is 0 Å². The largest absolute Gasteiger partial charge is 0.293 e. The molecule has 0 aliphatic carbocycles. The van der Waals surface area contributed by atoms with Crippen LogP contribution >= 0.6 is 0 Å². The van der Waals surface area contributed by atoms with Crippen LogP contribution in [0.1, 0.15) is 0 Å². The lowest BCUT2D eigenvalue weighted by atomic mass is 9.93. The summed E-state index contributed by atoms with van der Waals surface area (Å²) >= 11 is 0. The molecule has 0 unspecified atom stereocenters. The SMILES string of the molecule is c1ccc(-c2cc(-c3ccccc3)cc(-c3ccc4c(c3)c3nc5ccccc5nc3n4-c3cccc(-c4ccccc4)c3)c2)cc1. The molecule has 3 heteroatoms. The first-order valence-corrected chi connectivity index (χ1v) is 15.9. The lowest BCUT2D eigenvalue weighted by Crippen LogP contribution is -1.97. The van der Waals surface area contributed by atoms with Gasteiger partial charge in [-0.25, -0.2) is 9.97 Å². The molecule has 47 heavy (non-hydrogen) atoms. The summed E-state index contributed by atoms with van der Waals surface area (Å²) in [7, 11) is 0. The third kappa shape index (κ3) is 4.86. The van der Waals surface area contributed by atoms with Crippen LogP contribution in [0, 0.1) is 0 Å². The maximum absolute atomic E-state index is 5.21. The third-order valence-corrected chi connectivity index (χ3v) is 8.95. The minimum Gasteiger partial charge on any atom is -0.293 e. The molecule has 0 atom stereocenters. The fourth-order valence-electron chi connectivity index (χ4n) is 6.65. The molecular weight excluding hydrogens is 571 g/mol. The minimum atomic E-state index is 0.851. The molecular formula is C44H29N3. The van der Waals surface area contributed by atoms with Gasteiger partial charge in [-0.3, -0.25) is 4.57 Å². The lowest BCUT2D eigenvalue weighted by molar-refractivity contribution is 1.14. The molecule has 0 saturated heterocycles. The molecule has 0 amide bonds. The molecule has 0 fully saturated rings. The summed E-state index contributed by atoms with van der Waals surface area (Å²) in [4.78, 5) is 10.4. The van der Waals surface area contributed by atoms with Crippen molar-refractivity contribution in [1.82, 2.24) is 14.5 Å². The van der Waals surface area contributed by atoms with Gasteiger partial charge < -0.3 is 0 Å². The minimum absolute atomic E-state index is 0.851. The van der Waals surface area contributed by atoms with Crippen LogP contribution in [-0.2, 0) is 0 Å². The van der Waals surface area contributed by atoms with Gasteiger partial charge in [0.25, 0.3) is 0 Å². The Hall–Kier alpha value is -6.32. The molecule has 0 aliphatic heterocycles. The first kappa shape index (κ1) is 27.0. The van der Waals surface area contributed by atoms with Crippen molar-refractivity contribution in [3.8, 4) is 50.2 Å². The van der Waals surface area contributed by atoms with E-state index in [1.54, 1.807) is 0 Å². The van der Waals surface area contributed by atoms with Crippen molar-refractivity contribution in [3.63, 3.8) is 0 Å². The Morgan fingerprint density at radius 1 is 0.340 bits per heavy atom. The first-order chi connectivity index (χ1) is 23.3. The molecule has 0 spiro atoms. The van der Waals surface area contributed by atoms with Crippen molar-refractivity contribution in [3.05, 3.63) is 176 Å². The molecule has 0 saturated carbocycles. The van der Waals surface area contributed by atoms with Gasteiger partial charge in [0.05, 0.1) is 16.6 Å². The molecule has 9 aromatic rings. The second-order valence-corrected chi connectivity index (χ2v) is 11.9. The number of rotatable bonds is 5. The smallest absolute Gasteiger partial charge is 0.165 e. The van der Waals surface area contributed by atoms with E-state index in [1.807, 2.05) is 24.3 Å². The van der Waals surface area contributed by atoms with Crippen LogP contribution in [0.4, 0.5) is 0 Å². The second-order valence-electron chi connectivity index (χ2n) is 11.9. The van der Waals surface area contributed by atoms with E-state index in [0.29, 0.717) is 0 Å². The summed E-state index contributed by atoms with van der Waals surface area (Å²) < 4.78 is 2.26. The standard InChI is InChI=1S/C44H29N3/c1-4-13-30(14-5-1)33-19-12-20-38(28-33)47-42-24-23-34(29-39(42)43-44(47)46-41-22-11-10-21-40(41)45-43)37-26-35(31-15-6-2-7-16-31)25-36(27-37)32-17-8-3-9-18-32/h1-29H. The normalized spacial score (nSPS) is 11.4. The molecule has 2 heterocycles. The van der Waals surface area contributed by atoms with E-state index >= 15 is 0 Å². The highest BCUT2D eigenvalue weighted by Crippen LogP contribution is 2.38. The van der Waals surface area contributed by atoms with Crippen LogP contribution in [0.3, 0.4) is 0 Å². The fraction of sp³-hybridized carbons (Fsp3) is 0. The summed E-state index contributed by atoms with van der Waals surface area (Å²) in [5.74, 6) is 0. The Bertz CT molecular complexity index is 2490. The third-order valence-electron chi connectivity index (χ3n) is 8.95. The van der Waals surface area contributed by atoms with Gasteiger partial charge in [-0.1, -0.05) is 121 Å². The van der Waals surface area contributed by atoms with E-state index in [0.717, 1.165) is 55.5 Å². The highest BCUT2D eigenvalue weighted by Gasteiger charge is 2.18. The second kappa shape index (κ2) is 11.2. The molecule has 0 radical (unpaired) electrons. The Labute approximate surface area is 273 Å². The number of nitrogens with zero attached hydrogens (tertiary/aromatic N) is 3. The summed E-state index contributed by atoms with van der Waals surface area (Å²) in [6.45, 7) is 0. The molecule has 0 bridgehead atoms. The Morgan fingerprint density at radius 2 is 0.830 bits per heavy atom. The van der Waals surface area contributed by atoms with E-state index in [4.69, 9.17) is 9.97 Å². The highest BCUT2D eigenvalue weighted by atomic mass is 15.1. The van der Waals surface area contributed by atoms with Gasteiger partial charge in [0, 0.05) is 11.1 Å². The fourth-order valence-corrected chi connectivity index (χ4v) is 6.65. The van der Waals surface area contributed by atoms with Crippen LogP contribution in [0.2, 0.25) is 0 Å². The highest BCUT2D eigenvalue weighted by molar-refractivity contribution is 6.09. The van der Waals surface area contributed by atoms with Gasteiger partial charge in [-0.2, -0.15) is 0 Å². The zero-order valence-corrected chi connectivity index (χ0v) is 25.6. The summed E-state index contributed by atoms with van der Waals surface area (Å²) in [6.07, 6.45) is 0. The van der Waals surface area contributed by atoms with Gasteiger partial charge in [-0.05, 0) is 99.1 Å². The van der Waals surface area contributed by atoms with Crippen molar-refractivity contribution in [2.24, 2.45) is 0 Å². The predicted octanol–water partition coefficient (Wildman–Crippen LogP) is 11.4. The zero-order chi connectivity index (χ0) is 31.2. The van der Waals surface area contributed by atoms with Gasteiger partial charge in [-0.15, -0.1) is 0 Å². The number of aromatic nitrogens is 3. The molecule has 220 valence electrons. The summed E-state index contributed by atoms with van der Waals surface area (Å²) in [5, 5.41) is 1.08. The first-order valence-electron chi connectivity index (χ1n) is 15.9. The van der Waals surface area contributed by atoms with Crippen molar-refractivity contribution in [2.75, 3.05) is 0 Å². The average Bonchev–Trinajstić information content (AvgIpc) is 3.47. The number of benzene rings is 7. The quantitative estimate of drug-likeness (QED) is 0.197. The van der Waals surface area contributed by atoms with E-state index in [2.05, 4.69) is 156 Å². The maximum Gasteiger partial charge on any atom is 0.165 e. The monoisotopic (exact) mass is 599 g/mol. The van der Waals surface area contributed by atoms with E-state index in [-0.39, 0.29) is 0 Å². The van der Waals surface area contributed by atoms with Crippen LogP contribution in [0.15, 0.2) is 176 Å². The number of fused-ring (bicyclic) bond motifs is 4.